The predicted octanol–water partition coefficient (Wildman–Crippen LogP) is 3.69. The molecule has 0 bridgehead atoms. The van der Waals surface area contributed by atoms with Crippen LogP contribution in [0.3, 0.4) is 0 Å². The van der Waals surface area contributed by atoms with Crippen molar-refractivity contribution < 1.29 is 9.53 Å². The Kier molecular flexibility index (Phi) is 5.29. The van der Waals surface area contributed by atoms with Crippen molar-refractivity contribution >= 4 is 29.2 Å². The van der Waals surface area contributed by atoms with E-state index in [0.717, 1.165) is 51.9 Å². The zero-order valence-electron chi connectivity index (χ0n) is 17.5. The van der Waals surface area contributed by atoms with Gasteiger partial charge in [0.2, 0.25) is 5.91 Å². The number of carbonyl (C=O) groups excluding carboxylic acids is 1. The van der Waals surface area contributed by atoms with Crippen LogP contribution in [0.5, 0.6) is 0 Å². The first kappa shape index (κ1) is 20.6. The summed E-state index contributed by atoms with van der Waals surface area (Å²) in [6, 6.07) is 16.8. The van der Waals surface area contributed by atoms with Crippen LogP contribution in [0.4, 0.5) is 0 Å². The SMILES string of the molecule is Cl.O=C([C@H]1Cc2ccccc2CN1)N1CCC2(CC1)OCCc1c2[nH]c2ccccc12. The molecular formula is C25H28ClN3O2. The number of likely N-dealkylation sites (tertiary alicyclic amines) is 1. The van der Waals surface area contributed by atoms with Crippen molar-refractivity contribution in [2.75, 3.05) is 19.7 Å². The average molecular weight is 438 g/mol. The van der Waals surface area contributed by atoms with Crippen LogP contribution in [0.1, 0.15) is 35.2 Å². The number of nitrogens with one attached hydrogen (secondary N) is 2. The summed E-state index contributed by atoms with van der Waals surface area (Å²) in [6.45, 7) is 3.01. The molecule has 0 radical (unpaired) electrons. The molecule has 1 spiro atoms. The number of rotatable bonds is 1. The molecule has 6 heteroatoms. The van der Waals surface area contributed by atoms with E-state index in [1.165, 1.54) is 33.3 Å². The third-order valence-corrected chi connectivity index (χ3v) is 7.26. The first-order valence-corrected chi connectivity index (χ1v) is 11.1. The molecule has 3 aliphatic rings. The Balaban J connectivity index is 0.00000204. The monoisotopic (exact) mass is 437 g/mol. The number of fused-ring (bicyclic) bond motifs is 5. The molecule has 1 saturated heterocycles. The normalized spacial score (nSPS) is 21.9. The molecule has 5 nitrogen and oxygen atoms in total. The minimum Gasteiger partial charge on any atom is -0.368 e. The van der Waals surface area contributed by atoms with Crippen molar-refractivity contribution in [2.45, 2.75) is 43.9 Å². The molecule has 3 aromatic rings. The fraction of sp³-hybridized carbons (Fsp3) is 0.400. The molecule has 0 aliphatic carbocycles. The van der Waals surface area contributed by atoms with E-state index in [0.29, 0.717) is 0 Å². The Bertz CT molecular complexity index is 1120. The van der Waals surface area contributed by atoms with Gasteiger partial charge in [0.05, 0.1) is 18.3 Å². The van der Waals surface area contributed by atoms with Gasteiger partial charge >= 0.3 is 0 Å². The smallest absolute Gasteiger partial charge is 0.240 e. The van der Waals surface area contributed by atoms with Crippen molar-refractivity contribution in [2.24, 2.45) is 0 Å². The Morgan fingerprint density at radius 1 is 1.03 bits per heavy atom. The molecule has 2 N–H and O–H groups in total. The van der Waals surface area contributed by atoms with E-state index >= 15 is 0 Å². The highest BCUT2D eigenvalue weighted by Gasteiger charge is 2.44. The topological polar surface area (TPSA) is 57.4 Å². The van der Waals surface area contributed by atoms with Gasteiger partial charge in [0.15, 0.2) is 0 Å². The first-order valence-electron chi connectivity index (χ1n) is 11.1. The standard InChI is InChI=1S/C25H27N3O2.ClH/c29-24(22-15-17-5-1-2-6-18(17)16-26-22)28-12-10-25(11-13-28)23-20(9-14-30-25)19-7-3-4-8-21(19)27-23;/h1-8,22,26-27H,9-16H2;1H/t22-;/m1./s1. The number of H-pyrrole nitrogens is 1. The number of carbonyl (C=O) groups is 1. The number of benzene rings is 2. The quantitative estimate of drug-likeness (QED) is 0.610. The molecule has 0 unspecified atom stereocenters. The van der Waals surface area contributed by atoms with Gasteiger partial charge in [0.1, 0.15) is 5.60 Å². The maximum Gasteiger partial charge on any atom is 0.240 e. The Hall–Kier alpha value is -2.34. The fourth-order valence-corrected chi connectivity index (χ4v) is 5.60. The number of hydrogen-bond acceptors (Lipinski definition) is 3. The second kappa shape index (κ2) is 7.97. The van der Waals surface area contributed by atoms with Gasteiger partial charge in [-0.25, -0.2) is 0 Å². The van der Waals surface area contributed by atoms with Crippen molar-refractivity contribution in [3.8, 4) is 0 Å². The van der Waals surface area contributed by atoms with Crippen molar-refractivity contribution in [1.82, 2.24) is 15.2 Å². The lowest BCUT2D eigenvalue weighted by atomic mass is 9.83. The predicted molar refractivity (Wildman–Crippen MR) is 123 cm³/mol. The summed E-state index contributed by atoms with van der Waals surface area (Å²) in [5.41, 5.74) is 6.16. The number of nitrogens with zero attached hydrogens (tertiary/aromatic N) is 1. The van der Waals surface area contributed by atoms with Crippen molar-refractivity contribution in [3.05, 3.63) is 70.9 Å². The highest BCUT2D eigenvalue weighted by atomic mass is 35.5. The molecular weight excluding hydrogens is 410 g/mol. The summed E-state index contributed by atoms with van der Waals surface area (Å²) >= 11 is 0. The van der Waals surface area contributed by atoms with Crippen LogP contribution in [-0.2, 0) is 34.5 Å². The summed E-state index contributed by atoms with van der Waals surface area (Å²) in [7, 11) is 0. The van der Waals surface area contributed by atoms with E-state index in [4.69, 9.17) is 4.74 Å². The van der Waals surface area contributed by atoms with Gasteiger partial charge in [-0.05, 0) is 48.4 Å². The number of amides is 1. The number of ether oxygens (including phenoxy) is 1. The molecule has 1 fully saturated rings. The van der Waals surface area contributed by atoms with E-state index in [-0.39, 0.29) is 30.0 Å². The van der Waals surface area contributed by atoms with Crippen LogP contribution in [0.15, 0.2) is 48.5 Å². The van der Waals surface area contributed by atoms with Gasteiger partial charge in [-0.2, -0.15) is 0 Å². The van der Waals surface area contributed by atoms with Crippen molar-refractivity contribution in [1.29, 1.82) is 0 Å². The molecule has 2 aromatic carbocycles. The minimum absolute atomic E-state index is 0. The number of aromatic amines is 1. The second-order valence-electron chi connectivity index (χ2n) is 8.85. The van der Waals surface area contributed by atoms with Crippen LogP contribution in [-0.4, -0.2) is 41.5 Å². The molecule has 0 saturated carbocycles. The summed E-state index contributed by atoms with van der Waals surface area (Å²) in [6.07, 6.45) is 3.43. The maximum atomic E-state index is 13.2. The highest BCUT2D eigenvalue weighted by molar-refractivity contribution is 5.86. The Morgan fingerprint density at radius 3 is 2.61 bits per heavy atom. The lowest BCUT2D eigenvalue weighted by Gasteiger charge is -2.44. The number of hydrogen-bond donors (Lipinski definition) is 2. The highest BCUT2D eigenvalue weighted by Crippen LogP contribution is 2.43. The molecule has 3 aliphatic heterocycles. The molecule has 4 heterocycles. The summed E-state index contributed by atoms with van der Waals surface area (Å²) < 4.78 is 6.40. The summed E-state index contributed by atoms with van der Waals surface area (Å²) in [5, 5.41) is 4.77. The van der Waals surface area contributed by atoms with Gasteiger partial charge in [-0.15, -0.1) is 12.4 Å². The molecule has 162 valence electrons. The molecule has 1 aromatic heterocycles. The van der Waals surface area contributed by atoms with Crippen LogP contribution in [0.25, 0.3) is 10.9 Å². The Labute approximate surface area is 188 Å². The van der Waals surface area contributed by atoms with Crippen LogP contribution in [0, 0.1) is 0 Å². The first-order chi connectivity index (χ1) is 14.7. The summed E-state index contributed by atoms with van der Waals surface area (Å²) in [5.74, 6) is 0.229. The molecule has 1 atom stereocenters. The molecule has 6 rings (SSSR count). The summed E-state index contributed by atoms with van der Waals surface area (Å²) in [4.78, 5) is 18.9. The van der Waals surface area contributed by atoms with E-state index in [9.17, 15) is 4.79 Å². The van der Waals surface area contributed by atoms with Crippen LogP contribution < -0.4 is 5.32 Å². The van der Waals surface area contributed by atoms with Crippen molar-refractivity contribution in [3.63, 3.8) is 0 Å². The number of piperidine rings is 1. The number of aromatic nitrogens is 1. The molecule has 31 heavy (non-hydrogen) atoms. The van der Waals surface area contributed by atoms with E-state index < -0.39 is 0 Å². The fourth-order valence-electron chi connectivity index (χ4n) is 5.60. The number of halogens is 1. The van der Waals surface area contributed by atoms with E-state index in [1.54, 1.807) is 0 Å². The van der Waals surface area contributed by atoms with Gasteiger partial charge in [-0.1, -0.05) is 42.5 Å². The van der Waals surface area contributed by atoms with Gasteiger partial charge < -0.3 is 19.9 Å². The third-order valence-electron chi connectivity index (χ3n) is 7.26. The van der Waals surface area contributed by atoms with Gasteiger partial charge in [-0.3, -0.25) is 4.79 Å². The largest absolute Gasteiger partial charge is 0.368 e. The second-order valence-corrected chi connectivity index (χ2v) is 8.85. The maximum absolute atomic E-state index is 13.2. The lowest BCUT2D eigenvalue weighted by Crippen LogP contribution is -2.54. The zero-order chi connectivity index (χ0) is 20.1. The van der Waals surface area contributed by atoms with Gasteiger partial charge in [0, 0.05) is 30.5 Å². The van der Waals surface area contributed by atoms with E-state index in [2.05, 4.69) is 58.8 Å². The van der Waals surface area contributed by atoms with Crippen LogP contribution >= 0.6 is 12.4 Å². The number of para-hydroxylation sites is 1. The zero-order valence-corrected chi connectivity index (χ0v) is 18.3. The van der Waals surface area contributed by atoms with Crippen LogP contribution in [0.2, 0.25) is 0 Å². The third kappa shape index (κ3) is 3.36. The molecule has 1 amide bonds. The van der Waals surface area contributed by atoms with Gasteiger partial charge in [0.25, 0.3) is 0 Å². The Morgan fingerprint density at radius 2 is 1.77 bits per heavy atom. The minimum atomic E-state index is -0.282. The van der Waals surface area contributed by atoms with E-state index in [1.807, 2.05) is 4.90 Å². The average Bonchev–Trinajstić information content (AvgIpc) is 3.19. The lowest BCUT2D eigenvalue weighted by molar-refractivity contribution is -0.143.